The summed E-state index contributed by atoms with van der Waals surface area (Å²) < 4.78 is 0. The fourth-order valence-corrected chi connectivity index (χ4v) is 4.12. The van der Waals surface area contributed by atoms with Gasteiger partial charge in [-0.3, -0.25) is 4.90 Å². The molecule has 0 spiro atoms. The predicted molar refractivity (Wildman–Crippen MR) is 91.7 cm³/mol. The second-order valence-corrected chi connectivity index (χ2v) is 7.95. The lowest BCUT2D eigenvalue weighted by molar-refractivity contribution is 0.0865. The Bertz CT molecular complexity index is 284. The van der Waals surface area contributed by atoms with E-state index in [0.717, 1.165) is 17.8 Å². The van der Waals surface area contributed by atoms with Gasteiger partial charge in [-0.25, -0.2) is 0 Å². The zero-order valence-corrected chi connectivity index (χ0v) is 14.8. The summed E-state index contributed by atoms with van der Waals surface area (Å²) >= 11 is 0. The first-order chi connectivity index (χ1) is 10.1. The quantitative estimate of drug-likeness (QED) is 0.813. The summed E-state index contributed by atoms with van der Waals surface area (Å²) in [7, 11) is 2.24. The number of rotatable bonds is 6. The highest BCUT2D eigenvalue weighted by Crippen LogP contribution is 2.28. The van der Waals surface area contributed by atoms with Gasteiger partial charge in [-0.05, 0) is 44.2 Å². The molecule has 2 rings (SSSR count). The number of piperazine rings is 1. The van der Waals surface area contributed by atoms with Crippen LogP contribution in [-0.2, 0) is 0 Å². The van der Waals surface area contributed by atoms with E-state index in [4.69, 9.17) is 0 Å². The Hall–Kier alpha value is -0.120. The van der Waals surface area contributed by atoms with Crippen molar-refractivity contribution < 1.29 is 0 Å². The monoisotopic (exact) mass is 295 g/mol. The maximum atomic E-state index is 3.81. The highest BCUT2D eigenvalue weighted by atomic mass is 15.3. The first-order valence-electron chi connectivity index (χ1n) is 9.19. The molecule has 1 heterocycles. The molecule has 3 nitrogen and oxygen atoms in total. The molecule has 0 aromatic rings. The third-order valence-electron chi connectivity index (χ3n) is 5.61. The summed E-state index contributed by atoms with van der Waals surface area (Å²) in [4.78, 5) is 5.16. The predicted octanol–water partition coefficient (Wildman–Crippen LogP) is 2.67. The molecule has 0 amide bonds. The van der Waals surface area contributed by atoms with E-state index in [1.165, 1.54) is 65.0 Å². The molecule has 1 saturated carbocycles. The van der Waals surface area contributed by atoms with Crippen LogP contribution in [0.2, 0.25) is 0 Å². The average molecular weight is 296 g/mol. The van der Waals surface area contributed by atoms with Gasteiger partial charge in [0.2, 0.25) is 0 Å². The molecule has 124 valence electrons. The molecule has 0 bridgehead atoms. The van der Waals surface area contributed by atoms with Crippen molar-refractivity contribution in [2.75, 3.05) is 46.3 Å². The van der Waals surface area contributed by atoms with Gasteiger partial charge in [0.25, 0.3) is 0 Å². The van der Waals surface area contributed by atoms with Crippen LogP contribution in [-0.4, -0.2) is 62.2 Å². The second-order valence-electron chi connectivity index (χ2n) is 7.95. The number of hydrogen-bond donors (Lipinski definition) is 1. The van der Waals surface area contributed by atoms with Crippen LogP contribution in [0.1, 0.15) is 46.5 Å². The van der Waals surface area contributed by atoms with Crippen LogP contribution in [0, 0.1) is 17.8 Å². The largest absolute Gasteiger partial charge is 0.315 e. The molecule has 3 unspecified atom stereocenters. The summed E-state index contributed by atoms with van der Waals surface area (Å²) in [6.45, 7) is 14.5. The molecule has 0 aromatic carbocycles. The van der Waals surface area contributed by atoms with Gasteiger partial charge in [0, 0.05) is 38.8 Å². The SMILES string of the molecule is CC1CCCC(CNCC(C(C)C)N2CCN(C)CC2)C1. The van der Waals surface area contributed by atoms with E-state index in [9.17, 15) is 0 Å². The Kier molecular flexibility index (Phi) is 6.97. The minimum atomic E-state index is 0.708. The van der Waals surface area contributed by atoms with Crippen molar-refractivity contribution >= 4 is 0 Å². The molecule has 0 aromatic heterocycles. The fraction of sp³-hybridized carbons (Fsp3) is 1.00. The lowest BCUT2D eigenvalue weighted by Gasteiger charge is -2.40. The van der Waals surface area contributed by atoms with E-state index in [-0.39, 0.29) is 0 Å². The summed E-state index contributed by atoms with van der Waals surface area (Å²) in [5.74, 6) is 2.62. The Morgan fingerprint density at radius 1 is 1.10 bits per heavy atom. The average Bonchev–Trinajstić information content (AvgIpc) is 2.45. The van der Waals surface area contributed by atoms with Gasteiger partial charge in [0.05, 0.1) is 0 Å². The van der Waals surface area contributed by atoms with E-state index in [1.807, 2.05) is 0 Å². The molecule has 3 heteroatoms. The van der Waals surface area contributed by atoms with Crippen molar-refractivity contribution in [1.29, 1.82) is 0 Å². The minimum absolute atomic E-state index is 0.708. The van der Waals surface area contributed by atoms with Crippen LogP contribution >= 0.6 is 0 Å². The van der Waals surface area contributed by atoms with E-state index in [2.05, 4.69) is 42.9 Å². The highest BCUT2D eigenvalue weighted by Gasteiger charge is 2.25. The number of hydrogen-bond acceptors (Lipinski definition) is 3. The van der Waals surface area contributed by atoms with Crippen molar-refractivity contribution in [3.63, 3.8) is 0 Å². The molecule has 1 saturated heterocycles. The van der Waals surface area contributed by atoms with Crippen LogP contribution in [0.3, 0.4) is 0 Å². The van der Waals surface area contributed by atoms with E-state index >= 15 is 0 Å². The third kappa shape index (κ3) is 5.54. The van der Waals surface area contributed by atoms with Crippen LogP contribution in [0.4, 0.5) is 0 Å². The zero-order chi connectivity index (χ0) is 15.2. The molecule has 2 fully saturated rings. The van der Waals surface area contributed by atoms with Crippen LogP contribution in [0.25, 0.3) is 0 Å². The van der Waals surface area contributed by atoms with Crippen LogP contribution in [0.15, 0.2) is 0 Å². The van der Waals surface area contributed by atoms with Crippen molar-refractivity contribution in [2.24, 2.45) is 17.8 Å². The first-order valence-corrected chi connectivity index (χ1v) is 9.19. The second kappa shape index (κ2) is 8.50. The minimum Gasteiger partial charge on any atom is -0.315 e. The number of nitrogens with zero attached hydrogens (tertiary/aromatic N) is 2. The maximum Gasteiger partial charge on any atom is 0.0244 e. The topological polar surface area (TPSA) is 18.5 Å². The van der Waals surface area contributed by atoms with Gasteiger partial charge >= 0.3 is 0 Å². The first kappa shape index (κ1) is 17.2. The molecule has 1 aliphatic carbocycles. The van der Waals surface area contributed by atoms with Gasteiger partial charge < -0.3 is 10.2 Å². The lowest BCUT2D eigenvalue weighted by atomic mass is 9.82. The smallest absolute Gasteiger partial charge is 0.0244 e. The van der Waals surface area contributed by atoms with E-state index in [1.54, 1.807) is 0 Å². The van der Waals surface area contributed by atoms with E-state index < -0.39 is 0 Å². The molecule has 0 radical (unpaired) electrons. The van der Waals surface area contributed by atoms with Gasteiger partial charge in [-0.2, -0.15) is 0 Å². The number of likely N-dealkylation sites (N-methyl/N-ethyl adjacent to an activating group) is 1. The standard InChI is InChI=1S/C18H37N3/c1-15(2)18(21-10-8-20(4)9-11-21)14-19-13-17-7-5-6-16(3)12-17/h15-19H,5-14H2,1-4H3. The summed E-state index contributed by atoms with van der Waals surface area (Å²) in [5, 5.41) is 3.81. The molecular formula is C18H37N3. The summed E-state index contributed by atoms with van der Waals surface area (Å²) in [6.07, 6.45) is 5.78. The Balaban J connectivity index is 1.72. The van der Waals surface area contributed by atoms with Crippen LogP contribution < -0.4 is 5.32 Å². The Morgan fingerprint density at radius 2 is 1.81 bits per heavy atom. The molecule has 1 aliphatic heterocycles. The highest BCUT2D eigenvalue weighted by molar-refractivity contribution is 4.82. The van der Waals surface area contributed by atoms with Gasteiger partial charge in [0.15, 0.2) is 0 Å². The molecule has 2 aliphatic rings. The summed E-state index contributed by atoms with van der Waals surface area (Å²) in [6, 6.07) is 0.708. The lowest BCUT2D eigenvalue weighted by Crippen LogP contribution is -2.54. The third-order valence-corrected chi connectivity index (χ3v) is 5.61. The van der Waals surface area contributed by atoms with Crippen molar-refractivity contribution in [2.45, 2.75) is 52.5 Å². The fourth-order valence-electron chi connectivity index (χ4n) is 4.12. The summed E-state index contributed by atoms with van der Waals surface area (Å²) in [5.41, 5.74) is 0. The Labute approximate surface area is 132 Å². The molecule has 3 atom stereocenters. The molecule has 21 heavy (non-hydrogen) atoms. The Morgan fingerprint density at radius 3 is 2.43 bits per heavy atom. The van der Waals surface area contributed by atoms with Gasteiger partial charge in [-0.15, -0.1) is 0 Å². The molecular weight excluding hydrogens is 258 g/mol. The van der Waals surface area contributed by atoms with E-state index in [0.29, 0.717) is 6.04 Å². The zero-order valence-electron chi connectivity index (χ0n) is 14.8. The van der Waals surface area contributed by atoms with Crippen molar-refractivity contribution in [1.82, 2.24) is 15.1 Å². The van der Waals surface area contributed by atoms with Gasteiger partial charge in [-0.1, -0.05) is 33.6 Å². The van der Waals surface area contributed by atoms with Gasteiger partial charge in [0.1, 0.15) is 0 Å². The maximum absolute atomic E-state index is 3.81. The van der Waals surface area contributed by atoms with Crippen LogP contribution in [0.5, 0.6) is 0 Å². The van der Waals surface area contributed by atoms with Crippen molar-refractivity contribution in [3.05, 3.63) is 0 Å². The van der Waals surface area contributed by atoms with Crippen molar-refractivity contribution in [3.8, 4) is 0 Å². The number of nitrogens with one attached hydrogen (secondary N) is 1. The normalized spacial score (nSPS) is 30.7. The molecule has 1 N–H and O–H groups in total.